The zero-order valence-corrected chi connectivity index (χ0v) is 16.7. The Hall–Kier alpha value is -1.79. The van der Waals surface area contributed by atoms with Gasteiger partial charge in [-0.3, -0.25) is 4.79 Å². The molecule has 0 saturated carbocycles. The van der Waals surface area contributed by atoms with Crippen molar-refractivity contribution >= 4 is 12.0 Å². The number of benzene rings is 1. The number of hydrogen-bond donors (Lipinski definition) is 3. The molecule has 6 heteroatoms. The van der Waals surface area contributed by atoms with Gasteiger partial charge in [0.15, 0.2) is 6.29 Å². The molecular weight excluding hydrogens is 330 g/mol. The van der Waals surface area contributed by atoms with Crippen LogP contribution in [-0.4, -0.2) is 62.7 Å². The molecule has 148 valence electrons. The molecule has 0 radical (unpaired) electrons. The zero-order chi connectivity index (χ0) is 19.4. The first-order valence-electron chi connectivity index (χ1n) is 9.55. The maximum absolute atomic E-state index is 10.6. The van der Waals surface area contributed by atoms with E-state index in [4.69, 9.17) is 4.74 Å². The number of aldehydes is 1. The molecule has 6 nitrogen and oxygen atoms in total. The van der Waals surface area contributed by atoms with E-state index in [1.54, 1.807) is 13.1 Å². The van der Waals surface area contributed by atoms with Crippen molar-refractivity contribution in [3.63, 3.8) is 0 Å². The lowest BCUT2D eigenvalue weighted by Gasteiger charge is -2.24. The van der Waals surface area contributed by atoms with E-state index in [1.165, 1.54) is 19.3 Å². The van der Waals surface area contributed by atoms with E-state index in [2.05, 4.69) is 36.4 Å². The van der Waals surface area contributed by atoms with Gasteiger partial charge in [-0.05, 0) is 45.0 Å². The van der Waals surface area contributed by atoms with Crippen molar-refractivity contribution in [1.82, 2.24) is 10.2 Å². The van der Waals surface area contributed by atoms with Crippen LogP contribution in [0.4, 0.5) is 5.69 Å². The number of phenolic OH excluding ortho intramolecular Hbond substituents is 1. The van der Waals surface area contributed by atoms with Crippen LogP contribution < -0.4 is 15.4 Å². The summed E-state index contributed by atoms with van der Waals surface area (Å²) in [7, 11) is 3.90. The van der Waals surface area contributed by atoms with E-state index in [0.717, 1.165) is 31.6 Å². The highest BCUT2D eigenvalue weighted by atomic mass is 16.5. The first-order chi connectivity index (χ1) is 12.5. The monoisotopic (exact) mass is 365 g/mol. The molecule has 0 aliphatic heterocycles. The summed E-state index contributed by atoms with van der Waals surface area (Å²) in [6.45, 7) is 7.22. The predicted octanol–water partition coefficient (Wildman–Crippen LogP) is 2.65. The summed E-state index contributed by atoms with van der Waals surface area (Å²) in [5.74, 6) is 0.666. The van der Waals surface area contributed by atoms with Gasteiger partial charge in [-0.25, -0.2) is 0 Å². The van der Waals surface area contributed by atoms with Gasteiger partial charge in [0.25, 0.3) is 0 Å². The highest BCUT2D eigenvalue weighted by Gasteiger charge is 2.13. The van der Waals surface area contributed by atoms with Crippen LogP contribution >= 0.6 is 0 Å². The molecule has 1 unspecified atom stereocenters. The van der Waals surface area contributed by atoms with E-state index < -0.39 is 0 Å². The van der Waals surface area contributed by atoms with Crippen LogP contribution in [0.25, 0.3) is 0 Å². The molecule has 1 aromatic carbocycles. The topological polar surface area (TPSA) is 73.8 Å². The molecule has 1 rings (SSSR count). The number of anilines is 1. The minimum absolute atomic E-state index is 0.0288. The minimum atomic E-state index is -0.0288. The number of unbranched alkanes of at least 4 members (excludes halogenated alkanes) is 1. The summed E-state index contributed by atoms with van der Waals surface area (Å²) in [6.07, 6.45) is 5.23. The number of carbonyl (C=O) groups is 1. The van der Waals surface area contributed by atoms with Gasteiger partial charge in [-0.1, -0.05) is 25.8 Å². The van der Waals surface area contributed by atoms with Crippen molar-refractivity contribution in [2.75, 3.05) is 45.7 Å². The van der Waals surface area contributed by atoms with Gasteiger partial charge >= 0.3 is 0 Å². The summed E-state index contributed by atoms with van der Waals surface area (Å²) >= 11 is 0. The number of nitrogens with one attached hydrogen (secondary N) is 2. The first-order valence-corrected chi connectivity index (χ1v) is 9.55. The molecule has 0 fully saturated rings. The summed E-state index contributed by atoms with van der Waals surface area (Å²) in [6, 6.07) is 4.10. The van der Waals surface area contributed by atoms with Crippen molar-refractivity contribution in [2.24, 2.45) is 0 Å². The van der Waals surface area contributed by atoms with Gasteiger partial charge < -0.3 is 25.4 Å². The molecular formula is C20H35N3O3. The maximum Gasteiger partial charge on any atom is 0.157 e. The highest BCUT2D eigenvalue weighted by molar-refractivity contribution is 5.69. The molecule has 0 spiro atoms. The van der Waals surface area contributed by atoms with Crippen LogP contribution in [-0.2, 0) is 11.2 Å². The Labute approximate surface area is 157 Å². The average molecular weight is 366 g/mol. The van der Waals surface area contributed by atoms with Gasteiger partial charge in [0, 0.05) is 26.2 Å². The molecule has 0 bridgehead atoms. The average Bonchev–Trinajstić information content (AvgIpc) is 2.64. The Balaban J connectivity index is 2.48. The lowest BCUT2D eigenvalue weighted by Crippen LogP contribution is -2.35. The second-order valence-corrected chi connectivity index (χ2v) is 6.65. The third-order valence-electron chi connectivity index (χ3n) is 4.70. The van der Waals surface area contributed by atoms with Crippen LogP contribution in [0.2, 0.25) is 0 Å². The van der Waals surface area contributed by atoms with Crippen LogP contribution in [0.1, 0.15) is 38.7 Å². The van der Waals surface area contributed by atoms with E-state index in [-0.39, 0.29) is 12.4 Å². The fourth-order valence-corrected chi connectivity index (χ4v) is 2.88. The van der Waals surface area contributed by atoms with Crippen LogP contribution in [0.15, 0.2) is 12.1 Å². The van der Waals surface area contributed by atoms with E-state index >= 15 is 0 Å². The molecule has 0 saturated heterocycles. The van der Waals surface area contributed by atoms with Crippen molar-refractivity contribution in [2.45, 2.75) is 45.6 Å². The summed E-state index contributed by atoms with van der Waals surface area (Å²) in [4.78, 5) is 13.0. The number of carbonyl (C=O) groups excluding carboxylic acids is 1. The van der Waals surface area contributed by atoms with Gasteiger partial charge in [0.05, 0.1) is 0 Å². The van der Waals surface area contributed by atoms with Gasteiger partial charge in [-0.2, -0.15) is 0 Å². The van der Waals surface area contributed by atoms with Crippen molar-refractivity contribution in [3.05, 3.63) is 17.7 Å². The smallest absolute Gasteiger partial charge is 0.157 e. The van der Waals surface area contributed by atoms with Gasteiger partial charge in [-0.15, -0.1) is 0 Å². The molecule has 0 heterocycles. The lowest BCUT2D eigenvalue weighted by atomic mass is 10.1. The Bertz CT molecular complexity index is 537. The number of hydrogen-bond acceptors (Lipinski definition) is 6. The van der Waals surface area contributed by atoms with Crippen molar-refractivity contribution < 1.29 is 14.6 Å². The number of aromatic hydroxyl groups is 1. The zero-order valence-electron chi connectivity index (χ0n) is 16.7. The largest absolute Gasteiger partial charge is 0.506 e. The quantitative estimate of drug-likeness (QED) is 0.267. The maximum atomic E-state index is 10.6. The lowest BCUT2D eigenvalue weighted by molar-refractivity contribution is -0.109. The Morgan fingerprint density at radius 1 is 1.35 bits per heavy atom. The number of nitrogens with zero attached hydrogens (tertiary/aromatic N) is 1. The van der Waals surface area contributed by atoms with Crippen LogP contribution in [0.5, 0.6) is 11.5 Å². The molecule has 26 heavy (non-hydrogen) atoms. The summed E-state index contributed by atoms with van der Waals surface area (Å²) in [5, 5.41) is 16.3. The normalized spacial score (nSPS) is 12.2. The Kier molecular flexibility index (Phi) is 10.7. The number of rotatable bonds is 14. The minimum Gasteiger partial charge on any atom is -0.506 e. The Morgan fingerprint density at radius 3 is 2.77 bits per heavy atom. The Morgan fingerprint density at radius 2 is 2.12 bits per heavy atom. The third-order valence-corrected chi connectivity index (χ3v) is 4.70. The van der Waals surface area contributed by atoms with Crippen molar-refractivity contribution in [3.8, 4) is 11.5 Å². The predicted molar refractivity (Wildman–Crippen MR) is 107 cm³/mol. The fraction of sp³-hybridized carbons (Fsp3) is 0.650. The first kappa shape index (κ1) is 22.3. The number of likely N-dealkylation sites (N-methyl/N-ethyl adjacent to an activating group) is 1. The SMILES string of the molecule is CCCCC(C)N(C)CCNCCc1ccc(O)c(NC)c1OCC=O. The van der Waals surface area contributed by atoms with Gasteiger partial charge in [0.1, 0.15) is 23.8 Å². The summed E-state index contributed by atoms with van der Waals surface area (Å²) in [5.41, 5.74) is 1.49. The number of ether oxygens (including phenoxy) is 1. The highest BCUT2D eigenvalue weighted by Crippen LogP contribution is 2.36. The van der Waals surface area contributed by atoms with E-state index in [9.17, 15) is 9.90 Å². The molecule has 0 aliphatic carbocycles. The third kappa shape index (κ3) is 7.22. The molecule has 1 aromatic rings. The second kappa shape index (κ2) is 12.5. The van der Waals surface area contributed by atoms with Gasteiger partial charge in [0.2, 0.25) is 0 Å². The molecule has 1 atom stereocenters. The number of phenols is 1. The standard InChI is InChI=1S/C20H35N3O3/c1-5-6-7-16(2)23(4)13-12-22-11-10-17-8-9-18(25)19(21-3)20(17)26-15-14-24/h8-9,14,16,21-22,25H,5-7,10-13,15H2,1-4H3. The van der Waals surface area contributed by atoms with Crippen molar-refractivity contribution in [1.29, 1.82) is 0 Å². The van der Waals surface area contributed by atoms with Crippen LogP contribution in [0.3, 0.4) is 0 Å². The van der Waals surface area contributed by atoms with E-state index in [1.807, 2.05) is 6.07 Å². The van der Waals surface area contributed by atoms with E-state index in [0.29, 0.717) is 23.8 Å². The molecule has 0 aromatic heterocycles. The molecule has 0 amide bonds. The second-order valence-electron chi connectivity index (χ2n) is 6.65. The van der Waals surface area contributed by atoms with Crippen LogP contribution in [0, 0.1) is 0 Å². The molecule has 0 aliphatic rings. The molecule has 3 N–H and O–H groups in total. The summed E-state index contributed by atoms with van der Waals surface area (Å²) < 4.78 is 5.53. The fourth-order valence-electron chi connectivity index (χ4n) is 2.88.